The van der Waals surface area contributed by atoms with Crippen molar-refractivity contribution in [1.82, 2.24) is 24.5 Å². The zero-order chi connectivity index (χ0) is 21.1. The Kier molecular flexibility index (Phi) is 5.85. The fourth-order valence-electron chi connectivity index (χ4n) is 3.33. The highest BCUT2D eigenvalue weighted by atomic mass is 32.2. The van der Waals surface area contributed by atoms with Crippen molar-refractivity contribution in [2.24, 2.45) is 5.92 Å². The molecule has 30 heavy (non-hydrogen) atoms. The van der Waals surface area contributed by atoms with Crippen LogP contribution < -0.4 is 10.9 Å². The first-order chi connectivity index (χ1) is 14.5. The highest BCUT2D eigenvalue weighted by Gasteiger charge is 2.18. The molecular formula is C22H23N5O2S. The maximum atomic E-state index is 13.0. The quantitative estimate of drug-likeness (QED) is 0.464. The van der Waals surface area contributed by atoms with Crippen molar-refractivity contribution in [3.05, 3.63) is 70.5 Å². The molecule has 2 aromatic heterocycles. The number of hydrogen-bond donors (Lipinski definition) is 1. The van der Waals surface area contributed by atoms with Crippen molar-refractivity contribution in [2.75, 3.05) is 5.75 Å². The monoisotopic (exact) mass is 421 g/mol. The minimum Gasteiger partial charge on any atom is -0.351 e. The van der Waals surface area contributed by atoms with E-state index >= 15 is 0 Å². The Morgan fingerprint density at radius 2 is 1.80 bits per heavy atom. The number of aromatic nitrogens is 4. The standard InChI is InChI=1S/C22H23N5O2S/c1-15(2)13-26-20(29)17-10-6-7-11-18(17)27-21(26)24-25-22(27)30-14-19(28)23-12-16-8-4-3-5-9-16/h3-11,15H,12-14H2,1-2H3,(H,23,28). The number of amides is 1. The molecule has 2 heterocycles. The second kappa shape index (κ2) is 8.71. The maximum Gasteiger partial charge on any atom is 0.262 e. The largest absolute Gasteiger partial charge is 0.351 e. The van der Waals surface area contributed by atoms with Gasteiger partial charge in [0.25, 0.3) is 5.56 Å². The molecule has 1 amide bonds. The lowest BCUT2D eigenvalue weighted by atomic mass is 10.2. The van der Waals surface area contributed by atoms with E-state index in [1.54, 1.807) is 4.57 Å². The van der Waals surface area contributed by atoms with Gasteiger partial charge < -0.3 is 5.32 Å². The minimum atomic E-state index is -0.0830. The molecule has 0 unspecified atom stereocenters. The van der Waals surface area contributed by atoms with Crippen LogP contribution >= 0.6 is 11.8 Å². The third-order valence-corrected chi connectivity index (χ3v) is 5.62. The van der Waals surface area contributed by atoms with Crippen LogP contribution in [0.5, 0.6) is 0 Å². The topological polar surface area (TPSA) is 81.3 Å². The van der Waals surface area contributed by atoms with Gasteiger partial charge in [-0.05, 0) is 23.6 Å². The van der Waals surface area contributed by atoms with Gasteiger partial charge in [0.05, 0.1) is 16.7 Å². The van der Waals surface area contributed by atoms with Gasteiger partial charge in [-0.25, -0.2) is 0 Å². The molecule has 0 aliphatic carbocycles. The van der Waals surface area contributed by atoms with Crippen molar-refractivity contribution in [3.8, 4) is 0 Å². The Labute approximate surface area is 178 Å². The first-order valence-electron chi connectivity index (χ1n) is 9.84. The second-order valence-electron chi connectivity index (χ2n) is 7.50. The van der Waals surface area contributed by atoms with Crippen molar-refractivity contribution >= 4 is 34.3 Å². The van der Waals surface area contributed by atoms with Crippen molar-refractivity contribution in [3.63, 3.8) is 0 Å². The Morgan fingerprint density at radius 3 is 2.57 bits per heavy atom. The zero-order valence-corrected chi connectivity index (χ0v) is 17.7. The van der Waals surface area contributed by atoms with Gasteiger partial charge in [0.15, 0.2) is 5.16 Å². The van der Waals surface area contributed by atoms with Crippen LogP contribution in [0.1, 0.15) is 19.4 Å². The molecule has 0 bridgehead atoms. The normalized spacial score (nSPS) is 11.4. The number of nitrogens with zero attached hydrogens (tertiary/aromatic N) is 4. The summed E-state index contributed by atoms with van der Waals surface area (Å²) in [5.74, 6) is 0.912. The average Bonchev–Trinajstić information content (AvgIpc) is 3.18. The SMILES string of the molecule is CC(C)Cn1c(=O)c2ccccc2n2c(SCC(=O)NCc3ccccc3)nnc12. The molecule has 0 radical (unpaired) electrons. The molecule has 4 aromatic rings. The highest BCUT2D eigenvalue weighted by molar-refractivity contribution is 7.99. The van der Waals surface area contributed by atoms with E-state index in [4.69, 9.17) is 0 Å². The summed E-state index contributed by atoms with van der Waals surface area (Å²) in [6.07, 6.45) is 0. The minimum absolute atomic E-state index is 0.0728. The predicted molar refractivity (Wildman–Crippen MR) is 119 cm³/mol. The number of fused-ring (bicyclic) bond motifs is 3. The smallest absolute Gasteiger partial charge is 0.262 e. The molecule has 1 N–H and O–H groups in total. The fourth-order valence-corrected chi connectivity index (χ4v) is 4.10. The van der Waals surface area contributed by atoms with Crippen molar-refractivity contribution < 1.29 is 4.79 Å². The molecule has 0 aliphatic rings. The lowest BCUT2D eigenvalue weighted by Crippen LogP contribution is -2.26. The van der Waals surface area contributed by atoms with Crippen LogP contribution in [0.4, 0.5) is 0 Å². The summed E-state index contributed by atoms with van der Waals surface area (Å²) >= 11 is 1.31. The molecule has 0 saturated heterocycles. The molecule has 154 valence electrons. The number of thioether (sulfide) groups is 1. The maximum absolute atomic E-state index is 13.0. The van der Waals surface area contributed by atoms with Crippen LogP contribution in [0.15, 0.2) is 64.5 Å². The molecule has 4 rings (SSSR count). The lowest BCUT2D eigenvalue weighted by Gasteiger charge is -2.12. The first kappa shape index (κ1) is 20.2. The third kappa shape index (κ3) is 4.09. The number of benzene rings is 2. The third-order valence-electron chi connectivity index (χ3n) is 4.69. The van der Waals surface area contributed by atoms with Crippen LogP contribution in [0.3, 0.4) is 0 Å². The van der Waals surface area contributed by atoms with Crippen LogP contribution in [0, 0.1) is 5.92 Å². The van der Waals surface area contributed by atoms with Crippen LogP contribution in [-0.2, 0) is 17.9 Å². The Hall–Kier alpha value is -3.13. The van der Waals surface area contributed by atoms with Gasteiger partial charge in [-0.1, -0.05) is 68.1 Å². The fraction of sp³-hybridized carbons (Fsp3) is 0.273. The first-order valence-corrected chi connectivity index (χ1v) is 10.8. The van der Waals surface area contributed by atoms with E-state index in [9.17, 15) is 9.59 Å². The molecule has 8 heteroatoms. The van der Waals surface area contributed by atoms with Gasteiger partial charge in [0.2, 0.25) is 11.7 Å². The van der Waals surface area contributed by atoms with E-state index in [0.717, 1.165) is 11.1 Å². The lowest BCUT2D eigenvalue weighted by molar-refractivity contribution is -0.118. The van der Waals surface area contributed by atoms with E-state index in [0.29, 0.717) is 29.4 Å². The van der Waals surface area contributed by atoms with Crippen molar-refractivity contribution in [2.45, 2.75) is 32.1 Å². The number of para-hydroxylation sites is 1. The van der Waals surface area contributed by atoms with Gasteiger partial charge >= 0.3 is 0 Å². The number of rotatable bonds is 7. The molecule has 2 aromatic carbocycles. The molecule has 0 saturated carbocycles. The summed E-state index contributed by atoms with van der Waals surface area (Å²) in [5.41, 5.74) is 1.72. The number of nitrogens with one attached hydrogen (secondary N) is 1. The van der Waals surface area contributed by atoms with E-state index in [1.165, 1.54) is 11.8 Å². The zero-order valence-electron chi connectivity index (χ0n) is 16.9. The number of carbonyl (C=O) groups is 1. The summed E-state index contributed by atoms with van der Waals surface area (Å²) in [6, 6.07) is 17.2. The van der Waals surface area contributed by atoms with E-state index < -0.39 is 0 Å². The molecule has 0 atom stereocenters. The summed E-state index contributed by atoms with van der Waals surface area (Å²) < 4.78 is 3.54. The van der Waals surface area contributed by atoms with E-state index in [2.05, 4.69) is 29.4 Å². The summed E-state index contributed by atoms with van der Waals surface area (Å²) in [5, 5.41) is 12.7. The highest BCUT2D eigenvalue weighted by Crippen LogP contribution is 2.22. The van der Waals surface area contributed by atoms with Crippen LogP contribution in [0.2, 0.25) is 0 Å². The van der Waals surface area contributed by atoms with Gasteiger partial charge in [0, 0.05) is 13.1 Å². The Balaban J connectivity index is 1.61. The average molecular weight is 422 g/mol. The van der Waals surface area contributed by atoms with Crippen molar-refractivity contribution in [1.29, 1.82) is 0 Å². The summed E-state index contributed by atoms with van der Waals surface area (Å²) in [6.45, 7) is 5.15. The van der Waals surface area contributed by atoms with Gasteiger partial charge in [0.1, 0.15) is 0 Å². The van der Waals surface area contributed by atoms with Crippen LogP contribution in [-0.4, -0.2) is 30.8 Å². The van der Waals surface area contributed by atoms with Crippen LogP contribution in [0.25, 0.3) is 16.7 Å². The summed E-state index contributed by atoms with van der Waals surface area (Å²) in [7, 11) is 0. The van der Waals surface area contributed by atoms with Gasteiger partial charge in [-0.2, -0.15) is 0 Å². The molecular weight excluding hydrogens is 398 g/mol. The Bertz CT molecular complexity index is 1250. The Morgan fingerprint density at radius 1 is 1.07 bits per heavy atom. The molecule has 7 nitrogen and oxygen atoms in total. The molecule has 0 fully saturated rings. The van der Waals surface area contributed by atoms with E-state index in [-0.39, 0.29) is 23.1 Å². The number of carbonyl (C=O) groups excluding carboxylic acids is 1. The predicted octanol–water partition coefficient (Wildman–Crippen LogP) is 3.11. The number of hydrogen-bond acceptors (Lipinski definition) is 5. The summed E-state index contributed by atoms with van der Waals surface area (Å²) in [4.78, 5) is 25.3. The molecule has 0 spiro atoms. The van der Waals surface area contributed by atoms with E-state index in [1.807, 2.05) is 59.0 Å². The van der Waals surface area contributed by atoms with Gasteiger partial charge in [-0.15, -0.1) is 10.2 Å². The van der Waals surface area contributed by atoms with Gasteiger partial charge in [-0.3, -0.25) is 18.6 Å². The second-order valence-corrected chi connectivity index (χ2v) is 8.44. The molecule has 0 aliphatic heterocycles.